The maximum Gasteiger partial charge on any atom is 0.433 e. The largest absolute Gasteiger partial charge is 0.433 e. The molecule has 0 spiro atoms. The van der Waals surface area contributed by atoms with Crippen LogP contribution in [-0.2, 0) is 19.6 Å². The van der Waals surface area contributed by atoms with Crippen molar-refractivity contribution in [2.45, 2.75) is 19.5 Å². The van der Waals surface area contributed by atoms with Crippen molar-refractivity contribution in [3.05, 3.63) is 62.9 Å². The second-order valence-electron chi connectivity index (χ2n) is 5.63. The van der Waals surface area contributed by atoms with E-state index in [1.807, 2.05) is 6.07 Å². The SMILES string of the molecule is Cc1cc(C(F)(F)F)nc2c1cc(Cc1c(Cl)cccc1Cl)n2C. The number of hydrogen-bond acceptors (Lipinski definition) is 1. The lowest BCUT2D eigenvalue weighted by molar-refractivity contribution is -0.141. The molecule has 126 valence electrons. The Balaban J connectivity index is 2.14. The number of nitrogens with zero attached hydrogens (tertiary/aromatic N) is 2. The molecule has 2 nitrogen and oxygen atoms in total. The Labute approximate surface area is 146 Å². The van der Waals surface area contributed by atoms with Crippen LogP contribution in [0.3, 0.4) is 0 Å². The van der Waals surface area contributed by atoms with Gasteiger partial charge >= 0.3 is 6.18 Å². The molecule has 0 aliphatic heterocycles. The summed E-state index contributed by atoms with van der Waals surface area (Å²) in [6, 6.07) is 8.11. The Morgan fingerprint density at radius 1 is 1.12 bits per heavy atom. The van der Waals surface area contributed by atoms with Crippen LogP contribution < -0.4 is 0 Å². The highest BCUT2D eigenvalue weighted by Crippen LogP contribution is 2.33. The van der Waals surface area contributed by atoms with Gasteiger partial charge in [0.15, 0.2) is 0 Å². The summed E-state index contributed by atoms with van der Waals surface area (Å²) in [5.41, 5.74) is 1.45. The Kier molecular flexibility index (Phi) is 4.26. The number of alkyl halides is 3. The normalized spacial score (nSPS) is 12.1. The zero-order valence-corrected chi connectivity index (χ0v) is 14.4. The van der Waals surface area contributed by atoms with Crippen molar-refractivity contribution in [2.75, 3.05) is 0 Å². The predicted octanol–water partition coefficient (Wildman–Crippen LogP) is 5.80. The third-order valence-corrected chi connectivity index (χ3v) is 4.72. The van der Waals surface area contributed by atoms with Crippen LogP contribution in [0.25, 0.3) is 11.0 Å². The summed E-state index contributed by atoms with van der Waals surface area (Å²) in [6.07, 6.45) is -4.07. The topological polar surface area (TPSA) is 17.8 Å². The van der Waals surface area contributed by atoms with E-state index in [4.69, 9.17) is 23.2 Å². The van der Waals surface area contributed by atoms with Crippen LogP contribution in [0.4, 0.5) is 13.2 Å². The average Bonchev–Trinajstić information content (AvgIpc) is 2.80. The molecule has 24 heavy (non-hydrogen) atoms. The van der Waals surface area contributed by atoms with Gasteiger partial charge in [-0.1, -0.05) is 29.3 Å². The van der Waals surface area contributed by atoms with Crippen LogP contribution in [0.2, 0.25) is 10.0 Å². The van der Waals surface area contributed by atoms with Crippen LogP contribution in [0.1, 0.15) is 22.5 Å². The molecule has 2 aromatic heterocycles. The van der Waals surface area contributed by atoms with Crippen LogP contribution in [0.15, 0.2) is 30.3 Å². The number of aryl methyl sites for hydroxylation is 2. The Morgan fingerprint density at radius 2 is 1.75 bits per heavy atom. The van der Waals surface area contributed by atoms with Crippen LogP contribution in [0.5, 0.6) is 0 Å². The van der Waals surface area contributed by atoms with Gasteiger partial charge in [0.2, 0.25) is 0 Å². The minimum atomic E-state index is -4.48. The summed E-state index contributed by atoms with van der Waals surface area (Å²) in [5, 5.41) is 1.73. The van der Waals surface area contributed by atoms with Crippen LogP contribution in [0, 0.1) is 6.92 Å². The highest BCUT2D eigenvalue weighted by atomic mass is 35.5. The van der Waals surface area contributed by atoms with Gasteiger partial charge in [0, 0.05) is 34.6 Å². The molecule has 0 fully saturated rings. The first-order valence-electron chi connectivity index (χ1n) is 7.14. The molecule has 0 saturated heterocycles. The van der Waals surface area contributed by atoms with Gasteiger partial charge in [-0.15, -0.1) is 0 Å². The fourth-order valence-electron chi connectivity index (χ4n) is 2.70. The summed E-state index contributed by atoms with van der Waals surface area (Å²) in [5.74, 6) is 0. The number of benzene rings is 1. The molecule has 0 radical (unpaired) electrons. The molecule has 0 amide bonds. The van der Waals surface area contributed by atoms with E-state index < -0.39 is 11.9 Å². The number of pyridine rings is 1. The molecular weight excluding hydrogens is 360 g/mol. The highest BCUT2D eigenvalue weighted by molar-refractivity contribution is 6.36. The first kappa shape index (κ1) is 17.1. The predicted molar refractivity (Wildman–Crippen MR) is 89.7 cm³/mol. The van der Waals surface area contributed by atoms with E-state index in [1.54, 1.807) is 36.7 Å². The minimum absolute atomic E-state index is 0.292. The van der Waals surface area contributed by atoms with Gasteiger partial charge in [-0.05, 0) is 42.3 Å². The molecule has 3 aromatic rings. The lowest BCUT2D eigenvalue weighted by Gasteiger charge is -2.09. The Hall–Kier alpha value is -1.72. The molecule has 3 rings (SSSR count). The molecule has 0 bridgehead atoms. The number of hydrogen-bond donors (Lipinski definition) is 0. The molecule has 2 heterocycles. The highest BCUT2D eigenvalue weighted by Gasteiger charge is 2.33. The van der Waals surface area contributed by atoms with E-state index in [1.165, 1.54) is 0 Å². The fraction of sp³-hybridized carbons (Fsp3) is 0.235. The molecule has 1 aromatic carbocycles. The standard InChI is InChI=1S/C17H13Cl2F3N2/c1-9-6-15(17(20,21)22)23-16-11(9)7-10(24(16)2)8-12-13(18)4-3-5-14(12)19/h3-7H,8H2,1-2H3. The zero-order chi connectivity index (χ0) is 17.6. The average molecular weight is 373 g/mol. The molecule has 0 unspecified atom stereocenters. The first-order chi connectivity index (χ1) is 11.2. The summed E-state index contributed by atoms with van der Waals surface area (Å²) in [7, 11) is 1.69. The summed E-state index contributed by atoms with van der Waals surface area (Å²) in [6.45, 7) is 1.64. The smallest absolute Gasteiger partial charge is 0.332 e. The molecule has 0 atom stereocenters. The van der Waals surface area contributed by atoms with Crippen molar-refractivity contribution in [1.82, 2.24) is 9.55 Å². The molecule has 0 N–H and O–H groups in total. The summed E-state index contributed by atoms with van der Waals surface area (Å²) < 4.78 is 40.6. The van der Waals surface area contributed by atoms with Gasteiger partial charge in [0.1, 0.15) is 11.3 Å². The van der Waals surface area contributed by atoms with E-state index >= 15 is 0 Å². The van der Waals surface area contributed by atoms with E-state index in [2.05, 4.69) is 4.98 Å². The van der Waals surface area contributed by atoms with Crippen molar-refractivity contribution in [2.24, 2.45) is 7.05 Å². The molecule has 7 heteroatoms. The molecule has 0 aliphatic carbocycles. The molecule has 0 aliphatic rings. The third-order valence-electron chi connectivity index (χ3n) is 4.01. The monoisotopic (exact) mass is 372 g/mol. The second-order valence-corrected chi connectivity index (χ2v) is 6.45. The van der Waals surface area contributed by atoms with E-state index in [0.717, 1.165) is 17.3 Å². The maximum absolute atomic E-state index is 13.0. The molecular formula is C17H13Cl2F3N2. The lowest BCUT2D eigenvalue weighted by Crippen LogP contribution is -2.09. The van der Waals surface area contributed by atoms with Gasteiger partial charge in [0.25, 0.3) is 0 Å². The zero-order valence-electron chi connectivity index (χ0n) is 12.9. The van der Waals surface area contributed by atoms with E-state index in [-0.39, 0.29) is 0 Å². The lowest BCUT2D eigenvalue weighted by atomic mass is 10.1. The second kappa shape index (κ2) is 5.97. The molecule has 0 saturated carbocycles. The summed E-state index contributed by atoms with van der Waals surface area (Å²) >= 11 is 12.4. The van der Waals surface area contributed by atoms with Crippen molar-refractivity contribution >= 4 is 34.2 Å². The van der Waals surface area contributed by atoms with Crippen LogP contribution in [-0.4, -0.2) is 9.55 Å². The third kappa shape index (κ3) is 2.98. The van der Waals surface area contributed by atoms with E-state index in [9.17, 15) is 13.2 Å². The quantitative estimate of drug-likeness (QED) is 0.555. The van der Waals surface area contributed by atoms with Gasteiger partial charge in [-0.25, -0.2) is 4.98 Å². The van der Waals surface area contributed by atoms with Crippen molar-refractivity contribution in [1.29, 1.82) is 0 Å². The first-order valence-corrected chi connectivity index (χ1v) is 7.90. The maximum atomic E-state index is 13.0. The van der Waals surface area contributed by atoms with Crippen molar-refractivity contribution < 1.29 is 13.2 Å². The number of halogens is 5. The summed E-state index contributed by atoms with van der Waals surface area (Å²) in [4.78, 5) is 3.79. The Morgan fingerprint density at radius 3 is 2.33 bits per heavy atom. The van der Waals surface area contributed by atoms with Gasteiger partial charge in [0.05, 0.1) is 0 Å². The van der Waals surface area contributed by atoms with Gasteiger partial charge < -0.3 is 4.57 Å². The van der Waals surface area contributed by atoms with E-state index in [0.29, 0.717) is 33.1 Å². The van der Waals surface area contributed by atoms with Gasteiger partial charge in [-0.2, -0.15) is 13.2 Å². The van der Waals surface area contributed by atoms with Crippen molar-refractivity contribution in [3.8, 4) is 0 Å². The number of fused-ring (bicyclic) bond motifs is 1. The minimum Gasteiger partial charge on any atom is -0.332 e. The Bertz CT molecular complexity index is 909. The number of rotatable bonds is 2. The number of aromatic nitrogens is 2. The van der Waals surface area contributed by atoms with Gasteiger partial charge in [-0.3, -0.25) is 0 Å². The van der Waals surface area contributed by atoms with Crippen LogP contribution >= 0.6 is 23.2 Å². The fourth-order valence-corrected chi connectivity index (χ4v) is 3.23. The van der Waals surface area contributed by atoms with Crippen molar-refractivity contribution in [3.63, 3.8) is 0 Å².